The molecule has 0 aromatic carbocycles. The van der Waals surface area contributed by atoms with Crippen molar-refractivity contribution in [1.29, 1.82) is 0 Å². The Hall–Kier alpha value is -1.76. The number of carbonyl (C=O) groups excluding carboxylic acids is 1. The molecule has 6 nitrogen and oxygen atoms in total. The number of halogens is 1. The number of carbonyl (C=O) groups is 1. The van der Waals surface area contributed by atoms with Crippen molar-refractivity contribution in [3.05, 3.63) is 18.2 Å². The van der Waals surface area contributed by atoms with Crippen molar-refractivity contribution in [3.63, 3.8) is 0 Å². The highest BCUT2D eigenvalue weighted by molar-refractivity contribution is 5.86. The maximum Gasteiger partial charge on any atom is 0.230 e. The number of aliphatic hydroxyl groups is 1. The van der Waals surface area contributed by atoms with E-state index in [1.165, 1.54) is 12.3 Å². The van der Waals surface area contributed by atoms with Crippen molar-refractivity contribution in [3.8, 4) is 0 Å². The van der Waals surface area contributed by atoms with Gasteiger partial charge in [0.05, 0.1) is 11.5 Å². The first kappa shape index (κ1) is 16.7. The smallest absolute Gasteiger partial charge is 0.230 e. The van der Waals surface area contributed by atoms with Crippen LogP contribution in [0.1, 0.15) is 44.9 Å². The average Bonchev–Trinajstić information content (AvgIpc) is 2.92. The number of nitrogens with zero attached hydrogens (tertiary/aromatic N) is 4. The van der Waals surface area contributed by atoms with Gasteiger partial charge in [0.1, 0.15) is 0 Å². The van der Waals surface area contributed by atoms with E-state index < -0.39 is 5.95 Å². The second kappa shape index (κ2) is 6.52. The van der Waals surface area contributed by atoms with Crippen LogP contribution in [-0.2, 0) is 4.79 Å². The van der Waals surface area contributed by atoms with E-state index in [0.29, 0.717) is 12.5 Å². The van der Waals surface area contributed by atoms with Crippen molar-refractivity contribution in [2.24, 2.45) is 5.41 Å². The largest absolute Gasteiger partial charge is 0.393 e. The molecule has 1 atom stereocenters. The van der Waals surface area contributed by atoms with Crippen LogP contribution in [0.3, 0.4) is 0 Å². The zero-order valence-electron chi connectivity index (χ0n) is 14.4. The molecule has 1 N–H and O–H groups in total. The summed E-state index contributed by atoms with van der Waals surface area (Å²) in [7, 11) is 0. The highest BCUT2D eigenvalue weighted by Gasteiger charge is 2.50. The SMILES string of the molecule is O=C1N([C@H]2CC[C@H](O)CC2)CCC12CCCN(c1nccc(F)n1)C2. The van der Waals surface area contributed by atoms with Crippen molar-refractivity contribution in [2.45, 2.75) is 57.1 Å². The molecule has 2 aliphatic heterocycles. The number of likely N-dealkylation sites (tertiary alicyclic amines) is 1. The second-order valence-electron chi connectivity index (χ2n) is 7.70. The van der Waals surface area contributed by atoms with Gasteiger partial charge in [-0.2, -0.15) is 9.37 Å². The van der Waals surface area contributed by atoms with Crippen LogP contribution in [0.15, 0.2) is 12.3 Å². The van der Waals surface area contributed by atoms with E-state index in [1.807, 2.05) is 9.80 Å². The molecule has 4 rings (SSSR count). The molecule has 1 aliphatic carbocycles. The molecule has 136 valence electrons. The van der Waals surface area contributed by atoms with Gasteiger partial charge < -0.3 is 14.9 Å². The molecule has 1 aromatic heterocycles. The van der Waals surface area contributed by atoms with Gasteiger partial charge in [0, 0.05) is 37.9 Å². The first-order valence-corrected chi connectivity index (χ1v) is 9.30. The van der Waals surface area contributed by atoms with Crippen LogP contribution < -0.4 is 4.90 Å². The Balaban J connectivity index is 1.49. The summed E-state index contributed by atoms with van der Waals surface area (Å²) in [6, 6.07) is 1.50. The predicted molar refractivity (Wildman–Crippen MR) is 90.5 cm³/mol. The molecule has 3 fully saturated rings. The lowest BCUT2D eigenvalue weighted by Gasteiger charge is -2.40. The lowest BCUT2D eigenvalue weighted by Crippen LogP contribution is -2.50. The summed E-state index contributed by atoms with van der Waals surface area (Å²) in [4.78, 5) is 25.3. The molecule has 7 heteroatoms. The van der Waals surface area contributed by atoms with Gasteiger partial charge in [-0.25, -0.2) is 4.98 Å². The van der Waals surface area contributed by atoms with Crippen LogP contribution in [0.4, 0.5) is 10.3 Å². The summed E-state index contributed by atoms with van der Waals surface area (Å²) in [6.07, 6.45) is 7.17. The second-order valence-corrected chi connectivity index (χ2v) is 7.70. The fourth-order valence-electron chi connectivity index (χ4n) is 4.73. The fourth-order valence-corrected chi connectivity index (χ4v) is 4.73. The minimum absolute atomic E-state index is 0.210. The zero-order chi connectivity index (χ0) is 17.4. The van der Waals surface area contributed by atoms with Gasteiger partial charge in [-0.05, 0) is 44.9 Å². The summed E-state index contributed by atoms with van der Waals surface area (Å²) < 4.78 is 13.4. The maximum atomic E-state index is 13.4. The number of hydrogen-bond donors (Lipinski definition) is 1. The first-order chi connectivity index (χ1) is 12.1. The zero-order valence-corrected chi connectivity index (χ0v) is 14.4. The van der Waals surface area contributed by atoms with Gasteiger partial charge in [-0.1, -0.05) is 0 Å². The minimum atomic E-state index is -0.537. The van der Waals surface area contributed by atoms with E-state index in [0.717, 1.165) is 58.0 Å². The van der Waals surface area contributed by atoms with Gasteiger partial charge in [-0.3, -0.25) is 4.79 Å². The van der Waals surface area contributed by atoms with E-state index in [4.69, 9.17) is 0 Å². The number of aromatic nitrogens is 2. The van der Waals surface area contributed by atoms with Crippen LogP contribution in [0.25, 0.3) is 0 Å². The molecule has 3 aliphatic rings. The molecule has 1 spiro atoms. The molecule has 25 heavy (non-hydrogen) atoms. The minimum Gasteiger partial charge on any atom is -0.393 e. The van der Waals surface area contributed by atoms with Gasteiger partial charge in [0.25, 0.3) is 0 Å². The first-order valence-electron chi connectivity index (χ1n) is 9.30. The van der Waals surface area contributed by atoms with Gasteiger partial charge in [-0.15, -0.1) is 0 Å². The van der Waals surface area contributed by atoms with E-state index in [1.54, 1.807) is 0 Å². The Labute approximate surface area is 147 Å². The third kappa shape index (κ3) is 3.10. The molecular weight excluding hydrogens is 323 g/mol. The molecule has 0 radical (unpaired) electrons. The Morgan fingerprint density at radius 3 is 2.76 bits per heavy atom. The Morgan fingerprint density at radius 1 is 1.20 bits per heavy atom. The summed E-state index contributed by atoms with van der Waals surface area (Å²) in [5.41, 5.74) is -0.385. The number of piperidine rings is 1. The van der Waals surface area contributed by atoms with Crippen LogP contribution in [0.5, 0.6) is 0 Å². The Morgan fingerprint density at radius 2 is 2.00 bits per heavy atom. The molecule has 1 amide bonds. The standard InChI is InChI=1S/C18H25FN4O2/c19-15-6-9-20-17(21-15)22-10-1-7-18(12-22)8-11-23(16(18)25)13-2-4-14(24)5-3-13/h6,9,13-14,24H,1-5,7-8,10-12H2/t13-,14-,18?. The lowest BCUT2D eigenvalue weighted by molar-refractivity contribution is -0.139. The summed E-state index contributed by atoms with van der Waals surface area (Å²) in [5, 5.41) is 9.71. The van der Waals surface area contributed by atoms with E-state index >= 15 is 0 Å². The molecular formula is C18H25FN4O2. The van der Waals surface area contributed by atoms with E-state index in [2.05, 4.69) is 9.97 Å². The van der Waals surface area contributed by atoms with E-state index in [-0.39, 0.29) is 23.5 Å². The third-order valence-corrected chi connectivity index (χ3v) is 6.12. The highest BCUT2D eigenvalue weighted by atomic mass is 19.1. The third-order valence-electron chi connectivity index (χ3n) is 6.12. The molecule has 1 unspecified atom stereocenters. The number of rotatable bonds is 2. The highest BCUT2D eigenvalue weighted by Crippen LogP contribution is 2.43. The molecule has 2 saturated heterocycles. The molecule has 3 heterocycles. The van der Waals surface area contributed by atoms with E-state index in [9.17, 15) is 14.3 Å². The number of anilines is 1. The Bertz CT molecular complexity index is 650. The monoisotopic (exact) mass is 348 g/mol. The van der Waals surface area contributed by atoms with Gasteiger partial charge in [0.15, 0.2) is 0 Å². The Kier molecular flexibility index (Phi) is 4.35. The van der Waals surface area contributed by atoms with Crippen molar-refractivity contribution in [2.75, 3.05) is 24.5 Å². The van der Waals surface area contributed by atoms with Crippen molar-refractivity contribution < 1.29 is 14.3 Å². The fraction of sp³-hybridized carbons (Fsp3) is 0.722. The van der Waals surface area contributed by atoms with Crippen LogP contribution in [-0.4, -0.2) is 57.7 Å². The number of amides is 1. The van der Waals surface area contributed by atoms with Crippen molar-refractivity contribution in [1.82, 2.24) is 14.9 Å². The maximum absolute atomic E-state index is 13.4. The number of aliphatic hydroxyl groups excluding tert-OH is 1. The molecule has 1 aromatic rings. The van der Waals surface area contributed by atoms with Crippen LogP contribution in [0.2, 0.25) is 0 Å². The quantitative estimate of drug-likeness (QED) is 0.825. The molecule has 1 saturated carbocycles. The van der Waals surface area contributed by atoms with Crippen LogP contribution in [0, 0.1) is 11.4 Å². The topological polar surface area (TPSA) is 69.6 Å². The lowest BCUT2D eigenvalue weighted by atomic mass is 9.78. The predicted octanol–water partition coefficient (Wildman–Crippen LogP) is 1.74. The summed E-state index contributed by atoms with van der Waals surface area (Å²) in [5.74, 6) is 0.0749. The van der Waals surface area contributed by atoms with Gasteiger partial charge in [0.2, 0.25) is 17.8 Å². The molecule has 0 bridgehead atoms. The van der Waals surface area contributed by atoms with Crippen molar-refractivity contribution >= 4 is 11.9 Å². The summed E-state index contributed by atoms with van der Waals surface area (Å²) in [6.45, 7) is 2.12. The van der Waals surface area contributed by atoms with Crippen LogP contribution >= 0.6 is 0 Å². The van der Waals surface area contributed by atoms with Gasteiger partial charge >= 0.3 is 0 Å². The number of hydrogen-bond acceptors (Lipinski definition) is 5. The normalized spacial score (nSPS) is 33.3. The summed E-state index contributed by atoms with van der Waals surface area (Å²) >= 11 is 0. The average molecular weight is 348 g/mol.